The van der Waals surface area contributed by atoms with Crippen molar-refractivity contribution in [2.45, 2.75) is 6.54 Å². The van der Waals surface area contributed by atoms with E-state index < -0.39 is 0 Å². The molecule has 1 fully saturated rings. The summed E-state index contributed by atoms with van der Waals surface area (Å²) in [5.74, 6) is -0.318. The third-order valence-electron chi connectivity index (χ3n) is 5.40. The lowest BCUT2D eigenvalue weighted by Gasteiger charge is -2.34. The summed E-state index contributed by atoms with van der Waals surface area (Å²) in [5, 5.41) is 5.04. The van der Waals surface area contributed by atoms with E-state index in [9.17, 15) is 14.1 Å². The zero-order chi connectivity index (χ0) is 20.9. The number of fused-ring (bicyclic) bond motifs is 1. The number of carbonyl (C=O) groups is 1. The Labute approximate surface area is 174 Å². The third kappa shape index (κ3) is 4.60. The van der Waals surface area contributed by atoms with Crippen molar-refractivity contribution in [3.05, 3.63) is 88.6 Å². The standard InChI is InChI=1S/C24H22FN3O2/c25-22-8-5-18(6-9-22)17-27-11-13-28(14-12-27)24(29)10-7-21-15-19-3-1-2-4-20(19)16-23(21)26-30/h1-10,15-16H,11-14,17H2/b10-7+. The molecule has 1 aliphatic rings. The number of benzene rings is 3. The molecule has 1 saturated heterocycles. The first-order chi connectivity index (χ1) is 14.6. The van der Waals surface area contributed by atoms with Crippen molar-refractivity contribution < 1.29 is 9.18 Å². The summed E-state index contributed by atoms with van der Waals surface area (Å²) < 4.78 is 13.0. The number of hydrogen-bond acceptors (Lipinski definition) is 4. The van der Waals surface area contributed by atoms with Gasteiger partial charge in [-0.2, -0.15) is 0 Å². The van der Waals surface area contributed by atoms with Crippen LogP contribution >= 0.6 is 0 Å². The Bertz CT molecular complexity index is 1090. The molecule has 0 unspecified atom stereocenters. The molecule has 1 aliphatic heterocycles. The van der Waals surface area contributed by atoms with E-state index in [1.54, 1.807) is 29.2 Å². The highest BCUT2D eigenvalue weighted by atomic mass is 19.1. The molecule has 6 heteroatoms. The molecular formula is C24H22FN3O2. The number of halogens is 1. The third-order valence-corrected chi connectivity index (χ3v) is 5.40. The molecule has 0 aromatic heterocycles. The molecule has 0 bridgehead atoms. The second-order valence-electron chi connectivity index (χ2n) is 7.41. The Morgan fingerprint density at radius 2 is 1.63 bits per heavy atom. The fourth-order valence-corrected chi connectivity index (χ4v) is 3.70. The van der Waals surface area contributed by atoms with Crippen molar-refractivity contribution in [1.29, 1.82) is 0 Å². The van der Waals surface area contributed by atoms with Crippen molar-refractivity contribution in [3.8, 4) is 0 Å². The molecule has 1 amide bonds. The Balaban J connectivity index is 1.38. The molecule has 1 heterocycles. The average Bonchev–Trinajstić information content (AvgIpc) is 2.78. The van der Waals surface area contributed by atoms with E-state index in [1.165, 1.54) is 18.2 Å². The highest BCUT2D eigenvalue weighted by molar-refractivity contribution is 5.95. The van der Waals surface area contributed by atoms with Crippen LogP contribution in [0.15, 0.2) is 71.9 Å². The molecule has 0 aliphatic carbocycles. The van der Waals surface area contributed by atoms with Crippen LogP contribution in [0.4, 0.5) is 10.1 Å². The molecule has 0 spiro atoms. The van der Waals surface area contributed by atoms with Crippen molar-refractivity contribution in [3.63, 3.8) is 0 Å². The summed E-state index contributed by atoms with van der Waals surface area (Å²) in [4.78, 5) is 27.9. The van der Waals surface area contributed by atoms with Gasteiger partial charge in [-0.15, -0.1) is 4.91 Å². The number of nitrogens with zero attached hydrogens (tertiary/aromatic N) is 3. The second-order valence-corrected chi connectivity index (χ2v) is 7.41. The number of amides is 1. The van der Waals surface area contributed by atoms with Gasteiger partial charge in [0.05, 0.1) is 0 Å². The molecule has 4 rings (SSSR count). The first kappa shape index (κ1) is 19.9. The van der Waals surface area contributed by atoms with Gasteiger partial charge in [-0.05, 0) is 51.9 Å². The topological polar surface area (TPSA) is 53.0 Å². The maximum atomic E-state index is 13.0. The Kier molecular flexibility index (Phi) is 5.95. The minimum absolute atomic E-state index is 0.0820. The van der Waals surface area contributed by atoms with E-state index in [1.807, 2.05) is 30.3 Å². The van der Waals surface area contributed by atoms with E-state index in [2.05, 4.69) is 10.1 Å². The Morgan fingerprint density at radius 1 is 0.967 bits per heavy atom. The number of carbonyl (C=O) groups excluding carboxylic acids is 1. The van der Waals surface area contributed by atoms with E-state index >= 15 is 0 Å². The van der Waals surface area contributed by atoms with Gasteiger partial charge in [-0.3, -0.25) is 9.69 Å². The lowest BCUT2D eigenvalue weighted by Crippen LogP contribution is -2.47. The van der Waals surface area contributed by atoms with Gasteiger partial charge in [0.15, 0.2) is 0 Å². The lowest BCUT2D eigenvalue weighted by molar-refractivity contribution is -0.127. The van der Waals surface area contributed by atoms with Crippen LogP contribution < -0.4 is 0 Å². The van der Waals surface area contributed by atoms with E-state index in [4.69, 9.17) is 0 Å². The van der Waals surface area contributed by atoms with Crippen molar-refractivity contribution >= 4 is 28.4 Å². The summed E-state index contributed by atoms with van der Waals surface area (Å²) >= 11 is 0. The van der Waals surface area contributed by atoms with Gasteiger partial charge in [0.2, 0.25) is 5.91 Å². The summed E-state index contributed by atoms with van der Waals surface area (Å²) in [6, 6.07) is 17.8. The van der Waals surface area contributed by atoms with E-state index in [-0.39, 0.29) is 11.7 Å². The molecule has 5 nitrogen and oxygen atoms in total. The van der Waals surface area contributed by atoms with Crippen molar-refractivity contribution in [1.82, 2.24) is 9.80 Å². The SMILES string of the molecule is O=Nc1cc2ccccc2cc1/C=C/C(=O)N1CCN(Cc2ccc(F)cc2)CC1. The minimum atomic E-state index is -0.236. The van der Waals surface area contributed by atoms with Crippen LogP contribution in [0.2, 0.25) is 0 Å². The highest BCUT2D eigenvalue weighted by Gasteiger charge is 2.19. The molecule has 0 radical (unpaired) electrons. The monoisotopic (exact) mass is 403 g/mol. The number of piperazine rings is 1. The average molecular weight is 403 g/mol. The molecular weight excluding hydrogens is 381 g/mol. The second kappa shape index (κ2) is 8.97. The Hall–Kier alpha value is -3.38. The number of nitroso groups, excluding NO2 is 1. The van der Waals surface area contributed by atoms with Gasteiger partial charge < -0.3 is 4.90 Å². The van der Waals surface area contributed by atoms with Crippen LogP contribution in [0.3, 0.4) is 0 Å². The fraction of sp³-hybridized carbons (Fsp3) is 0.208. The van der Waals surface area contributed by atoms with Gasteiger partial charge >= 0.3 is 0 Å². The quantitative estimate of drug-likeness (QED) is 0.457. The zero-order valence-electron chi connectivity index (χ0n) is 16.5. The summed E-state index contributed by atoms with van der Waals surface area (Å²) in [7, 11) is 0. The van der Waals surface area contributed by atoms with Crippen LogP contribution in [0, 0.1) is 10.7 Å². The first-order valence-electron chi connectivity index (χ1n) is 9.92. The molecule has 3 aromatic rings. The van der Waals surface area contributed by atoms with Crippen LogP contribution in [0.25, 0.3) is 16.8 Å². The fourth-order valence-electron chi connectivity index (χ4n) is 3.70. The normalized spacial score (nSPS) is 15.0. The molecule has 152 valence electrons. The maximum absolute atomic E-state index is 13.0. The van der Waals surface area contributed by atoms with E-state index in [0.29, 0.717) is 24.3 Å². The van der Waals surface area contributed by atoms with Crippen LogP contribution in [0.1, 0.15) is 11.1 Å². The molecule has 30 heavy (non-hydrogen) atoms. The maximum Gasteiger partial charge on any atom is 0.246 e. The van der Waals surface area contributed by atoms with E-state index in [0.717, 1.165) is 36.0 Å². The predicted molar refractivity (Wildman–Crippen MR) is 117 cm³/mol. The lowest BCUT2D eigenvalue weighted by atomic mass is 10.0. The summed E-state index contributed by atoms with van der Waals surface area (Å²) in [6.45, 7) is 3.51. The summed E-state index contributed by atoms with van der Waals surface area (Å²) in [5.41, 5.74) is 2.01. The zero-order valence-corrected chi connectivity index (χ0v) is 16.5. The highest BCUT2D eigenvalue weighted by Crippen LogP contribution is 2.27. The minimum Gasteiger partial charge on any atom is -0.337 e. The van der Waals surface area contributed by atoms with Gasteiger partial charge in [0, 0.05) is 44.4 Å². The molecule has 3 aromatic carbocycles. The van der Waals surface area contributed by atoms with Gasteiger partial charge in [-0.1, -0.05) is 36.4 Å². The predicted octanol–water partition coefficient (Wildman–Crippen LogP) is 4.73. The Morgan fingerprint density at radius 3 is 2.30 bits per heavy atom. The van der Waals surface area contributed by atoms with Crippen LogP contribution in [0.5, 0.6) is 0 Å². The van der Waals surface area contributed by atoms with Gasteiger partial charge in [-0.25, -0.2) is 4.39 Å². The van der Waals surface area contributed by atoms with Crippen molar-refractivity contribution in [2.24, 2.45) is 5.18 Å². The largest absolute Gasteiger partial charge is 0.337 e. The number of rotatable bonds is 5. The molecule has 0 saturated carbocycles. The smallest absolute Gasteiger partial charge is 0.246 e. The summed E-state index contributed by atoms with van der Waals surface area (Å²) in [6.07, 6.45) is 3.17. The van der Waals surface area contributed by atoms with Gasteiger partial charge in [0.1, 0.15) is 11.5 Å². The first-order valence-corrected chi connectivity index (χ1v) is 9.92. The van der Waals surface area contributed by atoms with Crippen molar-refractivity contribution in [2.75, 3.05) is 26.2 Å². The van der Waals surface area contributed by atoms with Crippen LogP contribution in [-0.4, -0.2) is 41.9 Å². The molecule has 0 atom stereocenters. The van der Waals surface area contributed by atoms with Gasteiger partial charge in [0.25, 0.3) is 0 Å². The number of hydrogen-bond donors (Lipinski definition) is 0. The molecule has 0 N–H and O–H groups in total. The van der Waals surface area contributed by atoms with Crippen LogP contribution in [-0.2, 0) is 11.3 Å².